The van der Waals surface area contributed by atoms with Gasteiger partial charge in [-0.2, -0.15) is 0 Å². The van der Waals surface area contributed by atoms with E-state index in [9.17, 15) is 9.59 Å². The Morgan fingerprint density at radius 2 is 0.954 bits per heavy atom. The van der Waals surface area contributed by atoms with Gasteiger partial charge in [0.1, 0.15) is 0 Å². The molecule has 0 fully saturated rings. The van der Waals surface area contributed by atoms with Crippen LogP contribution in [-0.4, -0.2) is 31.7 Å². The Morgan fingerprint density at radius 3 is 1.34 bits per heavy atom. The van der Waals surface area contributed by atoms with Crippen molar-refractivity contribution in [2.24, 2.45) is 0 Å². The molecule has 2 N–H and O–H groups in total. The molecule has 0 unspecified atom stereocenters. The zero-order valence-corrected chi connectivity index (χ0v) is 45.0. The molecular formula is C55H54Ir2N2O4S2-2. The van der Waals surface area contributed by atoms with Gasteiger partial charge < -0.3 is 20.2 Å². The molecule has 6 nitrogen and oxygen atoms in total. The van der Waals surface area contributed by atoms with Crippen LogP contribution < -0.4 is 0 Å². The first-order valence-electron chi connectivity index (χ1n) is 20.6. The van der Waals surface area contributed by atoms with E-state index in [-0.39, 0.29) is 63.3 Å². The minimum absolute atomic E-state index is 0. The maximum Gasteiger partial charge on any atom is 0.155 e. The maximum atomic E-state index is 10.0. The molecule has 10 heteroatoms. The molecule has 0 saturated heterocycles. The van der Waals surface area contributed by atoms with Gasteiger partial charge in [0.15, 0.2) is 11.6 Å². The van der Waals surface area contributed by atoms with E-state index in [4.69, 9.17) is 10.2 Å². The smallest absolute Gasteiger partial charge is 0.155 e. The topological polar surface area (TPSA) is 100 Å². The number of hydrogen-bond donors (Lipinski definition) is 2. The summed E-state index contributed by atoms with van der Waals surface area (Å²) in [6.07, 6.45) is 6.30. The minimum atomic E-state index is -0.125. The number of pyridine rings is 2. The van der Waals surface area contributed by atoms with Crippen LogP contribution in [0.4, 0.5) is 0 Å². The molecule has 2 radical (unpaired) electrons. The predicted octanol–water partition coefficient (Wildman–Crippen LogP) is 15.1. The first kappa shape index (κ1) is 54.2. The number of aliphatic hydroxyl groups is 2. The van der Waals surface area contributed by atoms with Gasteiger partial charge in [-0.1, -0.05) is 87.9 Å². The minimum Gasteiger partial charge on any atom is -0.512 e. The summed E-state index contributed by atoms with van der Waals surface area (Å²) in [7, 11) is 0. The molecule has 65 heavy (non-hydrogen) atoms. The fourth-order valence-electron chi connectivity index (χ4n) is 7.00. The van der Waals surface area contributed by atoms with Gasteiger partial charge in [-0.3, -0.25) is 9.59 Å². The van der Waals surface area contributed by atoms with Crippen molar-refractivity contribution in [2.75, 3.05) is 0 Å². The summed E-state index contributed by atoms with van der Waals surface area (Å²) >= 11 is 3.66. The number of allylic oxidation sites excluding steroid dienone is 4. The van der Waals surface area contributed by atoms with E-state index in [1.165, 1.54) is 109 Å². The van der Waals surface area contributed by atoms with Crippen LogP contribution in [0.5, 0.6) is 0 Å². The molecular weight excluding hydrogens is 1200 g/mol. The second kappa shape index (κ2) is 24.9. The van der Waals surface area contributed by atoms with Crippen molar-refractivity contribution in [1.82, 2.24) is 9.97 Å². The summed E-state index contributed by atoms with van der Waals surface area (Å²) < 4.78 is 2.54. The van der Waals surface area contributed by atoms with Crippen LogP contribution in [0, 0.1) is 60.6 Å². The molecule has 4 aromatic heterocycles. The van der Waals surface area contributed by atoms with Crippen molar-refractivity contribution in [3.05, 3.63) is 178 Å². The van der Waals surface area contributed by atoms with E-state index < -0.39 is 0 Å². The van der Waals surface area contributed by atoms with Gasteiger partial charge in [-0.05, 0) is 94.2 Å². The van der Waals surface area contributed by atoms with Crippen LogP contribution in [0.25, 0.3) is 63.6 Å². The van der Waals surface area contributed by atoms with Crippen LogP contribution in [0.3, 0.4) is 0 Å². The van der Waals surface area contributed by atoms with Crippen molar-refractivity contribution < 1.29 is 60.0 Å². The van der Waals surface area contributed by atoms with Crippen molar-refractivity contribution >= 4 is 54.4 Å². The number of fused-ring (bicyclic) bond motifs is 2. The molecule has 0 aliphatic carbocycles. The van der Waals surface area contributed by atoms with E-state index in [0.717, 1.165) is 33.6 Å². The van der Waals surface area contributed by atoms with Gasteiger partial charge in [-0.15, -0.1) is 92.5 Å². The monoisotopic (exact) mass is 1260 g/mol. The molecule has 0 amide bonds. The van der Waals surface area contributed by atoms with Gasteiger partial charge in [0.2, 0.25) is 0 Å². The zero-order chi connectivity index (χ0) is 46.0. The summed E-state index contributed by atoms with van der Waals surface area (Å²) in [5, 5.41) is 19.1. The second-order valence-corrected chi connectivity index (χ2v) is 18.0. The number of thiophene rings is 2. The summed E-state index contributed by atoms with van der Waals surface area (Å²) in [4.78, 5) is 32.0. The van der Waals surface area contributed by atoms with Crippen molar-refractivity contribution in [2.45, 2.75) is 76.2 Å². The number of nitrogens with zero attached hydrogens (tertiary/aromatic N) is 2. The van der Waals surface area contributed by atoms with Gasteiger partial charge in [-0.25, -0.2) is 0 Å². The predicted molar refractivity (Wildman–Crippen MR) is 266 cm³/mol. The number of ketones is 2. The Hall–Kier alpha value is -5.18. The molecule has 0 saturated carbocycles. The molecule has 0 aliphatic rings. The summed E-state index contributed by atoms with van der Waals surface area (Å²) in [6, 6.07) is 39.5. The van der Waals surface area contributed by atoms with Crippen LogP contribution >= 0.6 is 22.7 Å². The third-order valence-corrected chi connectivity index (χ3v) is 11.8. The Balaban J connectivity index is 0.000000262. The summed E-state index contributed by atoms with van der Waals surface area (Å²) in [5.74, 6) is -0.125. The molecule has 4 aromatic carbocycles. The molecule has 8 aromatic rings. The first-order chi connectivity index (χ1) is 29.8. The van der Waals surface area contributed by atoms with E-state index in [0.29, 0.717) is 0 Å². The third-order valence-electron chi connectivity index (χ3n) is 9.54. The zero-order valence-electron chi connectivity index (χ0n) is 38.6. The Labute approximate surface area is 419 Å². The number of carbonyl (C=O) groups excluding carboxylic acids is 2. The SMILES string of the molecule is CC(=O)C=C(C)O.CC(=O)C=C(C)O.Cc1[c-]c(-c2cc3sc(-c4c(C)cccc4C)cc3cn2)cc(C)c1.Cc1[c-]c(-c2cc3sc(-c4ccc(C)cc4)cc3cn2)cc(C)c1.[Ir].[Ir]. The number of rotatable bonds is 6. The number of aryl methyl sites for hydroxylation is 7. The van der Waals surface area contributed by atoms with Crippen LogP contribution in [0.2, 0.25) is 0 Å². The van der Waals surface area contributed by atoms with Gasteiger partial charge in [0.25, 0.3) is 0 Å². The van der Waals surface area contributed by atoms with E-state index >= 15 is 0 Å². The molecule has 0 spiro atoms. The fourth-order valence-corrected chi connectivity index (χ4v) is 9.33. The largest absolute Gasteiger partial charge is 0.512 e. The van der Waals surface area contributed by atoms with E-state index in [1.807, 2.05) is 35.1 Å². The quantitative estimate of drug-likeness (QED) is 0.0977. The number of aliphatic hydroxyl groups excluding tert-OH is 2. The van der Waals surface area contributed by atoms with Gasteiger partial charge in [0.05, 0.1) is 11.5 Å². The standard InChI is InChI=1S/C23H20NS.C22H18NS.2C5H8O2.2Ir/c1-14-8-15(2)10-18(9-14)20-12-21-19(13-24-20)11-22(25-21)23-16(3)6-5-7-17(23)4;1-14-4-6-17(7-5-14)21-11-19-13-23-20(12-22(19)24-21)18-9-15(2)8-16(3)10-18;2*1-4(6)3-5(2)7;;/h5-9,11-13H,1-4H3;4-9,11-13H,1-3H3;2*3,6H,1-2H3;;/q2*-1;;;;. The van der Waals surface area contributed by atoms with Gasteiger partial charge >= 0.3 is 0 Å². The Kier molecular flexibility index (Phi) is 20.8. The molecule has 0 aliphatic heterocycles. The Morgan fingerprint density at radius 1 is 0.538 bits per heavy atom. The third kappa shape index (κ3) is 16.0. The molecule has 0 bridgehead atoms. The average Bonchev–Trinajstić information content (AvgIpc) is 3.81. The molecule has 340 valence electrons. The molecule has 4 heterocycles. The van der Waals surface area contributed by atoms with Crippen LogP contribution in [0.1, 0.15) is 66.6 Å². The van der Waals surface area contributed by atoms with Crippen molar-refractivity contribution in [3.8, 4) is 43.4 Å². The summed E-state index contributed by atoms with van der Waals surface area (Å²) in [5.41, 5.74) is 15.5. The second-order valence-electron chi connectivity index (χ2n) is 15.9. The number of benzene rings is 4. The number of hydrogen-bond acceptors (Lipinski definition) is 8. The normalized spacial score (nSPS) is 10.9. The van der Waals surface area contributed by atoms with Crippen molar-refractivity contribution in [1.29, 1.82) is 0 Å². The fraction of sp³-hybridized carbons (Fsp3) is 0.200. The maximum absolute atomic E-state index is 10.0. The number of aromatic nitrogens is 2. The molecule has 0 atom stereocenters. The van der Waals surface area contributed by atoms with Crippen LogP contribution in [-0.2, 0) is 49.8 Å². The average molecular weight is 1260 g/mol. The van der Waals surface area contributed by atoms with E-state index in [2.05, 4.69) is 162 Å². The number of carbonyl (C=O) groups is 2. The van der Waals surface area contributed by atoms with Gasteiger partial charge in [0, 0.05) is 94.7 Å². The summed E-state index contributed by atoms with van der Waals surface area (Å²) in [6.45, 7) is 20.6. The first-order valence-corrected chi connectivity index (χ1v) is 22.2. The Bertz CT molecular complexity index is 2880. The van der Waals surface area contributed by atoms with Crippen LogP contribution in [0.15, 0.2) is 127 Å². The van der Waals surface area contributed by atoms with Crippen molar-refractivity contribution in [3.63, 3.8) is 0 Å². The van der Waals surface area contributed by atoms with E-state index in [1.54, 1.807) is 0 Å². The molecule has 8 rings (SSSR count).